The van der Waals surface area contributed by atoms with E-state index >= 15 is 0 Å². The second-order valence-corrected chi connectivity index (χ2v) is 5.07. The Kier molecular flexibility index (Phi) is 3.87. The zero-order valence-electron chi connectivity index (χ0n) is 11.9. The van der Waals surface area contributed by atoms with E-state index in [1.165, 1.54) is 0 Å². The van der Waals surface area contributed by atoms with Crippen LogP contribution in [0.4, 0.5) is 5.69 Å². The maximum atomic E-state index is 11.3. The molecular formula is C15H18N4O2. The molecule has 0 radical (unpaired) electrons. The zero-order chi connectivity index (χ0) is 14.7. The first-order valence-electron chi connectivity index (χ1n) is 6.98. The number of nitrogens with zero attached hydrogens (tertiary/aromatic N) is 2. The summed E-state index contributed by atoms with van der Waals surface area (Å²) in [7, 11) is 0. The van der Waals surface area contributed by atoms with E-state index in [0.29, 0.717) is 0 Å². The van der Waals surface area contributed by atoms with E-state index in [2.05, 4.69) is 22.5 Å². The molecular weight excluding hydrogens is 268 g/mol. The number of carbonyl (C=O) groups is 1. The Labute approximate surface area is 123 Å². The van der Waals surface area contributed by atoms with Gasteiger partial charge >= 0.3 is 0 Å². The Balaban J connectivity index is 1.60. The van der Waals surface area contributed by atoms with Crippen molar-refractivity contribution < 1.29 is 9.53 Å². The van der Waals surface area contributed by atoms with Crippen LogP contribution < -0.4 is 15.4 Å². The summed E-state index contributed by atoms with van der Waals surface area (Å²) >= 11 is 0. The summed E-state index contributed by atoms with van der Waals surface area (Å²) in [6, 6.07) is 6.07. The maximum Gasteiger partial charge on any atom is 0.262 e. The summed E-state index contributed by atoms with van der Waals surface area (Å²) in [6.07, 6.45) is 5.52. The number of benzene rings is 1. The molecule has 0 aliphatic carbocycles. The van der Waals surface area contributed by atoms with Crippen molar-refractivity contribution in [1.82, 2.24) is 14.9 Å². The molecule has 1 aliphatic rings. The monoisotopic (exact) mass is 286 g/mol. The van der Waals surface area contributed by atoms with E-state index in [4.69, 9.17) is 4.74 Å². The van der Waals surface area contributed by atoms with Crippen LogP contribution in [0.3, 0.4) is 0 Å². The van der Waals surface area contributed by atoms with Crippen LogP contribution in [0.1, 0.15) is 18.5 Å². The van der Waals surface area contributed by atoms with Crippen LogP contribution in [-0.4, -0.2) is 28.6 Å². The third kappa shape index (κ3) is 3.22. The number of nitrogens with one attached hydrogen (secondary N) is 2. The molecule has 0 fully saturated rings. The topological polar surface area (TPSA) is 68.2 Å². The molecule has 3 rings (SSSR count). The predicted octanol–water partition coefficient (Wildman–Crippen LogP) is 1.56. The van der Waals surface area contributed by atoms with Gasteiger partial charge in [-0.1, -0.05) is 6.07 Å². The lowest BCUT2D eigenvalue weighted by atomic mass is 10.1. The Bertz CT molecular complexity index is 625. The molecule has 2 N–H and O–H groups in total. The molecule has 6 nitrogen and oxygen atoms in total. The molecule has 0 saturated carbocycles. The molecule has 21 heavy (non-hydrogen) atoms. The molecule has 0 bridgehead atoms. The zero-order valence-corrected chi connectivity index (χ0v) is 11.9. The Morgan fingerprint density at radius 1 is 1.52 bits per heavy atom. The van der Waals surface area contributed by atoms with Gasteiger partial charge in [-0.15, -0.1) is 0 Å². The first-order valence-corrected chi connectivity index (χ1v) is 6.98. The molecule has 2 aromatic rings. The number of hydrogen-bond acceptors (Lipinski definition) is 4. The maximum absolute atomic E-state index is 11.3. The molecule has 1 atom stereocenters. The standard InChI is InChI=1S/C15H18N4O2/c1-11(17-5-7-19-6-4-16-10-19)12-2-3-14-13(8-12)18-15(20)9-21-14/h2-4,6,8,10-11,17H,5,7,9H2,1H3,(H,18,20). The number of ether oxygens (including phenoxy) is 1. The van der Waals surface area contributed by atoms with E-state index in [0.717, 1.165) is 30.1 Å². The van der Waals surface area contributed by atoms with Gasteiger partial charge in [-0.25, -0.2) is 4.98 Å². The SMILES string of the molecule is CC(NCCn1ccnc1)c1ccc2c(c1)NC(=O)CO2. The number of carbonyl (C=O) groups excluding carboxylic acids is 1. The molecule has 6 heteroatoms. The van der Waals surface area contributed by atoms with Gasteiger partial charge in [0.15, 0.2) is 6.61 Å². The molecule has 1 aromatic carbocycles. The average Bonchev–Trinajstić information content (AvgIpc) is 2.99. The van der Waals surface area contributed by atoms with E-state index in [-0.39, 0.29) is 18.6 Å². The van der Waals surface area contributed by atoms with Gasteiger partial charge < -0.3 is 19.9 Å². The van der Waals surface area contributed by atoms with E-state index in [9.17, 15) is 4.79 Å². The lowest BCUT2D eigenvalue weighted by molar-refractivity contribution is -0.118. The number of rotatable bonds is 5. The van der Waals surface area contributed by atoms with Gasteiger partial charge in [0.25, 0.3) is 5.91 Å². The average molecular weight is 286 g/mol. The molecule has 1 aliphatic heterocycles. The highest BCUT2D eigenvalue weighted by Crippen LogP contribution is 2.30. The highest BCUT2D eigenvalue weighted by molar-refractivity contribution is 5.95. The molecule has 1 unspecified atom stereocenters. The quantitative estimate of drug-likeness (QED) is 0.875. The van der Waals surface area contributed by atoms with E-state index < -0.39 is 0 Å². The first-order chi connectivity index (χ1) is 10.2. The minimum absolute atomic E-state index is 0.0883. The molecule has 2 heterocycles. The van der Waals surface area contributed by atoms with Gasteiger partial charge in [0.2, 0.25) is 0 Å². The number of amides is 1. The van der Waals surface area contributed by atoms with Crippen LogP contribution >= 0.6 is 0 Å². The largest absolute Gasteiger partial charge is 0.482 e. The van der Waals surface area contributed by atoms with E-state index in [1.807, 2.05) is 29.0 Å². The fourth-order valence-corrected chi connectivity index (χ4v) is 2.32. The summed E-state index contributed by atoms with van der Waals surface area (Å²) in [5.41, 5.74) is 1.86. The van der Waals surface area contributed by atoms with Crippen molar-refractivity contribution in [3.8, 4) is 5.75 Å². The van der Waals surface area contributed by atoms with Crippen molar-refractivity contribution in [3.05, 3.63) is 42.5 Å². The van der Waals surface area contributed by atoms with Crippen molar-refractivity contribution in [3.63, 3.8) is 0 Å². The molecule has 110 valence electrons. The van der Waals surface area contributed by atoms with Gasteiger partial charge in [-0.3, -0.25) is 4.79 Å². The summed E-state index contributed by atoms with van der Waals surface area (Å²) < 4.78 is 7.39. The second-order valence-electron chi connectivity index (χ2n) is 5.07. The Morgan fingerprint density at radius 2 is 2.43 bits per heavy atom. The highest BCUT2D eigenvalue weighted by Gasteiger charge is 2.17. The Hall–Kier alpha value is -2.34. The number of hydrogen-bond donors (Lipinski definition) is 2. The van der Waals surface area contributed by atoms with Gasteiger partial charge in [-0.05, 0) is 24.6 Å². The summed E-state index contributed by atoms with van der Waals surface area (Å²) in [5.74, 6) is 0.615. The van der Waals surface area contributed by atoms with Gasteiger partial charge in [0.05, 0.1) is 12.0 Å². The molecule has 1 amide bonds. The fourth-order valence-electron chi connectivity index (χ4n) is 2.32. The third-order valence-electron chi connectivity index (χ3n) is 3.52. The van der Waals surface area contributed by atoms with Crippen LogP contribution in [0.25, 0.3) is 0 Å². The number of aromatic nitrogens is 2. The fraction of sp³-hybridized carbons (Fsp3) is 0.333. The lowest BCUT2D eigenvalue weighted by Crippen LogP contribution is -2.26. The molecule has 0 saturated heterocycles. The third-order valence-corrected chi connectivity index (χ3v) is 3.52. The number of imidazole rings is 1. The summed E-state index contributed by atoms with van der Waals surface area (Å²) in [5, 5.41) is 6.28. The molecule has 1 aromatic heterocycles. The van der Waals surface area contributed by atoms with E-state index in [1.54, 1.807) is 12.5 Å². The summed E-state index contributed by atoms with van der Waals surface area (Å²) in [6.45, 7) is 3.90. The van der Waals surface area contributed by atoms with Crippen LogP contribution in [-0.2, 0) is 11.3 Å². The van der Waals surface area contributed by atoms with Crippen LogP contribution in [0.5, 0.6) is 5.75 Å². The van der Waals surface area contributed by atoms with Gasteiger partial charge in [0.1, 0.15) is 5.75 Å². The van der Waals surface area contributed by atoms with Gasteiger partial charge in [0, 0.05) is 31.5 Å². The highest BCUT2D eigenvalue weighted by atomic mass is 16.5. The minimum atomic E-state index is -0.111. The Morgan fingerprint density at radius 3 is 3.24 bits per heavy atom. The lowest BCUT2D eigenvalue weighted by Gasteiger charge is -2.21. The van der Waals surface area contributed by atoms with Crippen molar-refractivity contribution in [2.75, 3.05) is 18.5 Å². The predicted molar refractivity (Wildman–Crippen MR) is 79.2 cm³/mol. The van der Waals surface area contributed by atoms with Crippen LogP contribution in [0.2, 0.25) is 0 Å². The van der Waals surface area contributed by atoms with Crippen molar-refractivity contribution >= 4 is 11.6 Å². The van der Waals surface area contributed by atoms with Gasteiger partial charge in [-0.2, -0.15) is 0 Å². The smallest absolute Gasteiger partial charge is 0.262 e. The van der Waals surface area contributed by atoms with Crippen molar-refractivity contribution in [2.45, 2.75) is 19.5 Å². The summed E-state index contributed by atoms with van der Waals surface area (Å²) in [4.78, 5) is 15.4. The number of anilines is 1. The second kappa shape index (κ2) is 5.97. The van der Waals surface area contributed by atoms with Crippen molar-refractivity contribution in [1.29, 1.82) is 0 Å². The first kappa shape index (κ1) is 13.6. The normalized spacial score (nSPS) is 15.0. The molecule has 0 spiro atoms. The van der Waals surface area contributed by atoms with Crippen molar-refractivity contribution in [2.24, 2.45) is 0 Å². The van der Waals surface area contributed by atoms with Crippen LogP contribution in [0.15, 0.2) is 36.9 Å². The number of fused-ring (bicyclic) bond motifs is 1. The minimum Gasteiger partial charge on any atom is -0.482 e. The van der Waals surface area contributed by atoms with Crippen LogP contribution in [0, 0.1) is 0 Å².